The predicted octanol–water partition coefficient (Wildman–Crippen LogP) is 7.31. The molecule has 2 saturated carbocycles. The number of thioether (sulfide) groups is 2. The van der Waals surface area contributed by atoms with Crippen LogP contribution in [-0.4, -0.2) is 71.7 Å². The van der Waals surface area contributed by atoms with E-state index in [-0.39, 0.29) is 35.7 Å². The van der Waals surface area contributed by atoms with Gasteiger partial charge < -0.3 is 30.4 Å². The van der Waals surface area contributed by atoms with E-state index in [1.165, 1.54) is 47.8 Å². The van der Waals surface area contributed by atoms with E-state index in [1.807, 2.05) is 0 Å². The van der Waals surface area contributed by atoms with Gasteiger partial charge in [0.05, 0.1) is 23.3 Å². The summed E-state index contributed by atoms with van der Waals surface area (Å²) in [5.41, 5.74) is 10.9. The van der Waals surface area contributed by atoms with Gasteiger partial charge in [-0.05, 0) is 90.8 Å². The van der Waals surface area contributed by atoms with Crippen molar-refractivity contribution in [2.45, 2.75) is 102 Å². The average molecular weight is 791 g/mol. The Labute approximate surface area is 324 Å². The molecule has 2 aliphatic heterocycles. The van der Waals surface area contributed by atoms with E-state index >= 15 is 0 Å². The predicted molar refractivity (Wildman–Crippen MR) is 211 cm³/mol. The van der Waals surface area contributed by atoms with E-state index < -0.39 is 34.5 Å². The number of hydrogen-bond donors (Lipinski definition) is 4. The normalized spacial score (nSPS) is 27.7. The van der Waals surface area contributed by atoms with Crippen molar-refractivity contribution in [2.75, 3.05) is 37.2 Å². The van der Waals surface area contributed by atoms with Crippen molar-refractivity contribution in [3.8, 4) is 0 Å². The van der Waals surface area contributed by atoms with Gasteiger partial charge >= 0.3 is 12.2 Å². The molecule has 0 spiro atoms. The summed E-state index contributed by atoms with van der Waals surface area (Å²) in [6.45, 7) is 10.8. The molecule has 0 saturated heterocycles. The molecule has 6 rings (SSSR count). The number of carbonyl (C=O) groups is 2. The molecule has 0 bridgehead atoms. The van der Waals surface area contributed by atoms with Crippen molar-refractivity contribution < 1.29 is 37.3 Å². The summed E-state index contributed by atoms with van der Waals surface area (Å²) >= 11 is 2.88. The van der Waals surface area contributed by atoms with Crippen LogP contribution in [0.1, 0.15) is 78.4 Å². The van der Waals surface area contributed by atoms with Gasteiger partial charge in [-0.1, -0.05) is 23.5 Å². The van der Waals surface area contributed by atoms with Gasteiger partial charge in [-0.2, -0.15) is 0 Å². The first-order valence-corrected chi connectivity index (χ1v) is 19.8. The summed E-state index contributed by atoms with van der Waals surface area (Å²) in [7, 11) is 3.31. The molecule has 6 atom stereocenters. The third-order valence-electron chi connectivity index (χ3n) is 9.76. The van der Waals surface area contributed by atoms with Gasteiger partial charge in [-0.3, -0.25) is 20.6 Å². The molecule has 2 aromatic carbocycles. The zero-order valence-corrected chi connectivity index (χ0v) is 33.7. The van der Waals surface area contributed by atoms with E-state index in [1.54, 1.807) is 67.9 Å². The molecule has 2 aliphatic carbocycles. The fourth-order valence-electron chi connectivity index (χ4n) is 7.49. The van der Waals surface area contributed by atoms with Crippen LogP contribution in [0, 0.1) is 23.5 Å². The Morgan fingerprint density at radius 2 is 1.09 bits per heavy atom. The molecule has 2 aromatic rings. The number of hydrogen-bond acceptors (Lipinski definition) is 12. The average Bonchev–Trinajstić information content (AvgIpc) is 3.64. The van der Waals surface area contributed by atoms with Gasteiger partial charge in [-0.25, -0.2) is 18.4 Å². The molecule has 2 amide bonds. The van der Waals surface area contributed by atoms with Crippen LogP contribution in [0.25, 0.3) is 0 Å². The number of methoxy groups -OCH3 is 2. The fourth-order valence-corrected chi connectivity index (χ4v) is 9.80. The highest BCUT2D eigenvalue weighted by molar-refractivity contribution is 8.14. The van der Waals surface area contributed by atoms with Gasteiger partial charge in [0.1, 0.15) is 22.8 Å². The Bertz CT molecular complexity index is 1660. The highest BCUT2D eigenvalue weighted by atomic mass is 32.2. The van der Waals surface area contributed by atoms with Crippen LogP contribution in [-0.2, 0) is 30.0 Å². The lowest BCUT2D eigenvalue weighted by atomic mass is 9.81. The third kappa shape index (κ3) is 9.61. The molecule has 0 unspecified atom stereocenters. The number of nitrogens with one attached hydrogen (secondary N) is 2. The first-order valence-electron chi connectivity index (χ1n) is 17.9. The lowest BCUT2D eigenvalue weighted by Crippen LogP contribution is -2.42. The number of fused-ring (bicyclic) bond motifs is 2. The highest BCUT2D eigenvalue weighted by Crippen LogP contribution is 2.54. The van der Waals surface area contributed by atoms with Crippen LogP contribution in [0.5, 0.6) is 0 Å². The fraction of sp³-hybridized carbons (Fsp3) is 0.579. The van der Waals surface area contributed by atoms with Crippen LogP contribution in [0.3, 0.4) is 0 Å². The van der Waals surface area contributed by atoms with Crippen molar-refractivity contribution in [1.82, 2.24) is 10.6 Å². The van der Waals surface area contributed by atoms with Gasteiger partial charge in [0, 0.05) is 72.9 Å². The smallest absolute Gasteiger partial charge is 0.413 e. The molecule has 2 fully saturated rings. The Balaban J connectivity index is 0.000000208. The number of halogens is 2. The Kier molecular flexibility index (Phi) is 12.5. The quantitative estimate of drug-likeness (QED) is 0.230. The van der Waals surface area contributed by atoms with Gasteiger partial charge in [-0.15, -0.1) is 0 Å². The molecule has 296 valence electrons. The molecular weight excluding hydrogens is 739 g/mol. The second-order valence-corrected chi connectivity index (χ2v) is 18.0. The maximum atomic E-state index is 14.7. The first-order chi connectivity index (χ1) is 25.3. The molecular formula is C38H52F2N6O6S2. The summed E-state index contributed by atoms with van der Waals surface area (Å²) < 4.78 is 51.2. The van der Waals surface area contributed by atoms with Gasteiger partial charge in [0.2, 0.25) is 0 Å². The molecule has 16 heteroatoms. The summed E-state index contributed by atoms with van der Waals surface area (Å²) in [4.78, 5) is 33.9. The second kappa shape index (κ2) is 16.2. The summed E-state index contributed by atoms with van der Waals surface area (Å²) in [6.07, 6.45) is 1.43. The van der Waals surface area contributed by atoms with Crippen molar-refractivity contribution in [2.24, 2.45) is 21.8 Å². The number of rotatable bonds is 4. The minimum atomic E-state index is -0.810. The molecule has 6 N–H and O–H groups in total. The number of amides is 2. The zero-order chi connectivity index (χ0) is 39.6. The zero-order valence-electron chi connectivity index (χ0n) is 32.1. The van der Waals surface area contributed by atoms with Crippen LogP contribution in [0.2, 0.25) is 0 Å². The number of nitrogens with zero attached hydrogens (tertiary/aromatic N) is 2. The van der Waals surface area contributed by atoms with E-state index in [9.17, 15) is 18.4 Å². The van der Waals surface area contributed by atoms with Crippen molar-refractivity contribution in [1.29, 1.82) is 0 Å². The summed E-state index contributed by atoms with van der Waals surface area (Å²) in [5.74, 6) is 0.878. The number of aliphatic imine (C=N–C) groups is 2. The number of benzene rings is 2. The van der Waals surface area contributed by atoms with Crippen molar-refractivity contribution in [3.05, 3.63) is 59.2 Å². The second-order valence-electron chi connectivity index (χ2n) is 16.0. The number of carbonyl (C=O) groups excluding carboxylic acids is 2. The van der Waals surface area contributed by atoms with E-state index in [0.29, 0.717) is 57.2 Å². The number of anilines is 2. The molecule has 4 aliphatic rings. The lowest BCUT2D eigenvalue weighted by Gasteiger charge is -2.36. The summed E-state index contributed by atoms with van der Waals surface area (Å²) in [6, 6.07) is 9.10. The van der Waals surface area contributed by atoms with Gasteiger partial charge in [0.15, 0.2) is 10.3 Å². The number of nitrogen functional groups attached to an aromatic ring is 2. The maximum absolute atomic E-state index is 14.7. The van der Waals surface area contributed by atoms with Crippen LogP contribution in [0.15, 0.2) is 46.4 Å². The monoisotopic (exact) mass is 790 g/mol. The minimum Gasteiger partial charge on any atom is -0.444 e. The Morgan fingerprint density at radius 1 is 0.722 bits per heavy atom. The van der Waals surface area contributed by atoms with Crippen LogP contribution >= 0.6 is 23.5 Å². The molecule has 0 aromatic heterocycles. The van der Waals surface area contributed by atoms with E-state index in [2.05, 4.69) is 10.6 Å². The molecule has 54 heavy (non-hydrogen) atoms. The van der Waals surface area contributed by atoms with Crippen LogP contribution in [0.4, 0.5) is 29.7 Å². The minimum absolute atomic E-state index is 0.0268. The number of nitrogens with two attached hydrogens (primary N) is 2. The molecule has 0 radical (unpaired) electrons. The maximum Gasteiger partial charge on any atom is 0.413 e. The van der Waals surface area contributed by atoms with Crippen molar-refractivity contribution >= 4 is 57.4 Å². The Hall–Kier alpha value is -3.60. The number of amidine groups is 2. The number of alkyl carbamates (subject to hydrolysis) is 2. The van der Waals surface area contributed by atoms with Gasteiger partial charge in [0.25, 0.3) is 0 Å². The Morgan fingerprint density at radius 3 is 1.43 bits per heavy atom. The first kappa shape index (κ1) is 41.6. The van der Waals surface area contributed by atoms with Crippen LogP contribution < -0.4 is 22.1 Å². The lowest BCUT2D eigenvalue weighted by molar-refractivity contribution is 0.0552. The molecule has 2 heterocycles. The van der Waals surface area contributed by atoms with Crippen molar-refractivity contribution in [3.63, 3.8) is 0 Å². The third-order valence-corrected chi connectivity index (χ3v) is 11.8. The summed E-state index contributed by atoms with van der Waals surface area (Å²) in [5, 5.41) is 6.27. The van der Waals surface area contributed by atoms with E-state index in [0.717, 1.165) is 12.8 Å². The van der Waals surface area contributed by atoms with E-state index in [4.69, 9.17) is 40.4 Å². The SMILES string of the molecule is CO[C@@H]1C[C@H]2CSC(NC(=O)OC(C)(C)C)=N[C@@]2(c2cc(N)ccc2F)C1.CO[C@H]1C[C@@H]2CSC(NC(=O)OC(C)(C)C)=N[C@]2(c2cc(N)ccc2F)C1. The standard InChI is InChI=1S/2C19H26FN3O3S/c2*1-18(2,3)26-17(24)22-16-23-19(14-8-12(21)5-6-15(14)20)9-13(25-4)7-11(19)10-27-16/h2*5-6,8,11,13H,7,9-10,21H2,1-4H3,(H,22,23,24)/t2*11-,13+,19-/m10/s1. The topological polar surface area (TPSA) is 172 Å². The number of ether oxygens (including phenoxy) is 4. The molecule has 12 nitrogen and oxygen atoms in total. The highest BCUT2D eigenvalue weighted by Gasteiger charge is 2.54. The largest absolute Gasteiger partial charge is 0.444 e.